The van der Waals surface area contributed by atoms with E-state index in [1.165, 1.54) is 17.5 Å². The van der Waals surface area contributed by atoms with Crippen LogP contribution in [-0.2, 0) is 9.53 Å². The molecule has 5 heteroatoms. The molecule has 0 radical (unpaired) electrons. The highest BCUT2D eigenvalue weighted by atomic mass is 32.2. The number of hydrogen-bond donors (Lipinski definition) is 0. The summed E-state index contributed by atoms with van der Waals surface area (Å²) in [7, 11) is 0. The van der Waals surface area contributed by atoms with Crippen LogP contribution < -0.4 is 4.90 Å². The number of anilines is 2. The lowest BCUT2D eigenvalue weighted by Gasteiger charge is -2.33. The van der Waals surface area contributed by atoms with Crippen molar-refractivity contribution in [2.75, 3.05) is 11.4 Å². The first-order valence-electron chi connectivity index (χ1n) is 7.89. The maximum Gasteiger partial charge on any atom is 0.304 e. The number of fused-ring (bicyclic) bond motifs is 2. The number of carbonyl (C=O) groups excluding carboxylic acids is 1. The van der Waals surface area contributed by atoms with Crippen molar-refractivity contribution in [1.29, 1.82) is 5.26 Å². The SMILES string of the molecule is CCCN1c2ccccc2Sc2cc([C@@H](C#N)OC(C)=O)ccc21. The molecule has 0 unspecified atom stereocenters. The molecule has 0 N–H and O–H groups in total. The van der Waals surface area contributed by atoms with E-state index in [1.54, 1.807) is 11.8 Å². The minimum absolute atomic E-state index is 0.454. The maximum atomic E-state index is 11.2. The number of rotatable bonds is 4. The van der Waals surface area contributed by atoms with Crippen molar-refractivity contribution in [2.45, 2.75) is 36.2 Å². The first kappa shape index (κ1) is 16.4. The molecule has 24 heavy (non-hydrogen) atoms. The fourth-order valence-electron chi connectivity index (χ4n) is 2.81. The van der Waals surface area contributed by atoms with E-state index in [2.05, 4.69) is 24.0 Å². The minimum atomic E-state index is -0.870. The van der Waals surface area contributed by atoms with Crippen LogP contribution in [0.15, 0.2) is 52.3 Å². The summed E-state index contributed by atoms with van der Waals surface area (Å²) in [6, 6.07) is 16.2. The zero-order valence-corrected chi connectivity index (χ0v) is 14.5. The van der Waals surface area contributed by atoms with Gasteiger partial charge in [-0.15, -0.1) is 0 Å². The van der Waals surface area contributed by atoms with Gasteiger partial charge in [0.25, 0.3) is 0 Å². The number of nitriles is 1. The number of benzene rings is 2. The predicted molar refractivity (Wildman–Crippen MR) is 94.4 cm³/mol. The average Bonchev–Trinajstić information content (AvgIpc) is 2.59. The Kier molecular flexibility index (Phi) is 4.77. The number of carbonyl (C=O) groups is 1. The molecule has 0 aliphatic carbocycles. The van der Waals surface area contributed by atoms with E-state index in [9.17, 15) is 10.1 Å². The van der Waals surface area contributed by atoms with E-state index >= 15 is 0 Å². The quantitative estimate of drug-likeness (QED) is 0.748. The van der Waals surface area contributed by atoms with Crippen LogP contribution in [0.25, 0.3) is 0 Å². The Balaban J connectivity index is 2.02. The van der Waals surface area contributed by atoms with Crippen molar-refractivity contribution in [3.05, 3.63) is 48.0 Å². The Labute approximate surface area is 146 Å². The van der Waals surface area contributed by atoms with Crippen molar-refractivity contribution in [3.63, 3.8) is 0 Å². The smallest absolute Gasteiger partial charge is 0.304 e. The van der Waals surface area contributed by atoms with E-state index < -0.39 is 12.1 Å². The van der Waals surface area contributed by atoms with Gasteiger partial charge in [-0.2, -0.15) is 5.26 Å². The van der Waals surface area contributed by atoms with Crippen LogP contribution in [-0.4, -0.2) is 12.5 Å². The summed E-state index contributed by atoms with van der Waals surface area (Å²) in [6.07, 6.45) is 0.166. The number of esters is 1. The highest BCUT2D eigenvalue weighted by molar-refractivity contribution is 7.99. The standard InChI is InChI=1S/C19H18N2O2S/c1-3-10-21-15-6-4-5-7-18(15)24-19-11-14(8-9-16(19)21)17(12-20)23-13(2)22/h4-9,11,17H,3,10H2,1-2H3/t17-/m1/s1. The molecule has 1 aliphatic rings. The predicted octanol–water partition coefficient (Wildman–Crippen LogP) is 4.83. The minimum Gasteiger partial charge on any atom is -0.442 e. The molecular formula is C19H18N2O2S. The topological polar surface area (TPSA) is 53.3 Å². The van der Waals surface area contributed by atoms with Gasteiger partial charge < -0.3 is 9.64 Å². The van der Waals surface area contributed by atoms with Gasteiger partial charge in [0.05, 0.1) is 11.4 Å². The summed E-state index contributed by atoms with van der Waals surface area (Å²) in [5.41, 5.74) is 3.04. The second-order valence-electron chi connectivity index (χ2n) is 5.57. The maximum absolute atomic E-state index is 11.2. The van der Waals surface area contributed by atoms with Gasteiger partial charge in [-0.1, -0.05) is 36.9 Å². The molecule has 0 aromatic heterocycles. The highest BCUT2D eigenvalue weighted by Gasteiger charge is 2.24. The van der Waals surface area contributed by atoms with Gasteiger partial charge in [0.1, 0.15) is 6.07 Å². The van der Waals surface area contributed by atoms with Crippen molar-refractivity contribution >= 4 is 29.1 Å². The van der Waals surface area contributed by atoms with E-state index in [1.807, 2.05) is 36.4 Å². The first-order chi connectivity index (χ1) is 11.6. The highest BCUT2D eigenvalue weighted by Crippen LogP contribution is 2.48. The van der Waals surface area contributed by atoms with Crippen molar-refractivity contribution < 1.29 is 9.53 Å². The zero-order valence-electron chi connectivity index (χ0n) is 13.7. The van der Waals surface area contributed by atoms with Crippen LogP contribution >= 0.6 is 11.8 Å². The summed E-state index contributed by atoms with van der Waals surface area (Å²) in [6.45, 7) is 4.40. The molecule has 3 rings (SSSR count). The van der Waals surface area contributed by atoms with Gasteiger partial charge in [-0.3, -0.25) is 4.79 Å². The molecule has 2 aromatic rings. The first-order valence-corrected chi connectivity index (χ1v) is 8.71. The monoisotopic (exact) mass is 338 g/mol. The summed E-state index contributed by atoms with van der Waals surface area (Å²) in [4.78, 5) is 15.8. The van der Waals surface area contributed by atoms with Crippen molar-refractivity contribution in [1.82, 2.24) is 0 Å². The zero-order chi connectivity index (χ0) is 17.1. The lowest BCUT2D eigenvalue weighted by molar-refractivity contribution is -0.144. The second kappa shape index (κ2) is 6.98. The molecule has 0 fully saturated rings. The second-order valence-corrected chi connectivity index (χ2v) is 6.65. The number of nitrogens with zero attached hydrogens (tertiary/aromatic N) is 2. The fourth-order valence-corrected chi connectivity index (χ4v) is 3.96. The van der Waals surface area contributed by atoms with Crippen LogP contribution in [0.4, 0.5) is 11.4 Å². The fraction of sp³-hybridized carbons (Fsp3) is 0.263. The molecule has 0 saturated carbocycles. The lowest BCUT2D eigenvalue weighted by Crippen LogP contribution is -2.21. The van der Waals surface area contributed by atoms with Gasteiger partial charge in [0.15, 0.2) is 0 Å². The third-order valence-corrected chi connectivity index (χ3v) is 4.91. The van der Waals surface area contributed by atoms with Crippen LogP contribution in [0.3, 0.4) is 0 Å². The van der Waals surface area contributed by atoms with Crippen molar-refractivity contribution in [2.24, 2.45) is 0 Å². The summed E-state index contributed by atoms with van der Waals surface area (Å²) in [5, 5.41) is 9.28. The number of hydrogen-bond acceptors (Lipinski definition) is 5. The molecule has 1 atom stereocenters. The van der Waals surface area contributed by atoms with Gasteiger partial charge in [0.2, 0.25) is 6.10 Å². The molecule has 122 valence electrons. The molecule has 0 amide bonds. The summed E-state index contributed by atoms with van der Waals surface area (Å²) in [5.74, 6) is -0.454. The van der Waals surface area contributed by atoms with Crippen LogP contribution in [0.1, 0.15) is 31.9 Å². The molecule has 0 saturated heterocycles. The third-order valence-electron chi connectivity index (χ3n) is 3.80. The van der Waals surface area contributed by atoms with Gasteiger partial charge in [-0.25, -0.2) is 0 Å². The Bertz CT molecular complexity index is 813. The van der Waals surface area contributed by atoms with Crippen molar-refractivity contribution in [3.8, 4) is 6.07 Å². The summed E-state index contributed by atoms with van der Waals surface area (Å²) >= 11 is 1.68. The molecule has 2 aromatic carbocycles. The van der Waals surface area contributed by atoms with Gasteiger partial charge >= 0.3 is 5.97 Å². The van der Waals surface area contributed by atoms with Crippen LogP contribution in [0.2, 0.25) is 0 Å². The third kappa shape index (κ3) is 3.10. The molecule has 1 aliphatic heterocycles. The largest absolute Gasteiger partial charge is 0.442 e. The average molecular weight is 338 g/mol. The Morgan fingerprint density at radius 1 is 1.25 bits per heavy atom. The summed E-state index contributed by atoms with van der Waals surface area (Å²) < 4.78 is 5.10. The van der Waals surface area contributed by atoms with Crippen LogP contribution in [0, 0.1) is 11.3 Å². The number of ether oxygens (including phenoxy) is 1. The lowest BCUT2D eigenvalue weighted by atomic mass is 10.1. The normalized spacial score (nSPS) is 13.5. The number of para-hydroxylation sites is 1. The Morgan fingerprint density at radius 2 is 2.00 bits per heavy atom. The molecular weight excluding hydrogens is 320 g/mol. The van der Waals surface area contributed by atoms with E-state index in [0.717, 1.165) is 23.5 Å². The Hall–Kier alpha value is -2.45. The van der Waals surface area contributed by atoms with E-state index in [-0.39, 0.29) is 0 Å². The van der Waals surface area contributed by atoms with E-state index in [4.69, 9.17) is 4.74 Å². The molecule has 0 bridgehead atoms. The Morgan fingerprint density at radius 3 is 2.71 bits per heavy atom. The molecule has 1 heterocycles. The van der Waals surface area contributed by atoms with Gasteiger partial charge in [0, 0.05) is 28.8 Å². The van der Waals surface area contributed by atoms with Gasteiger partial charge in [-0.05, 0) is 30.7 Å². The molecule has 4 nitrogen and oxygen atoms in total. The van der Waals surface area contributed by atoms with E-state index in [0.29, 0.717) is 5.56 Å². The van der Waals surface area contributed by atoms with Crippen LogP contribution in [0.5, 0.6) is 0 Å². The molecule has 0 spiro atoms.